The Hall–Kier alpha value is -2.81. The molecule has 144 valence electrons. The number of unbranched alkanes of at least 4 members (excludes halogenated alkanes) is 1. The van der Waals surface area contributed by atoms with Crippen molar-refractivity contribution >= 4 is 17.6 Å². The maximum absolute atomic E-state index is 12.6. The molecule has 1 unspecified atom stereocenters. The average Bonchev–Trinajstić information content (AvgIpc) is 2.67. The number of benzene rings is 1. The zero-order chi connectivity index (χ0) is 19.6. The molecule has 0 saturated carbocycles. The number of amides is 1. The summed E-state index contributed by atoms with van der Waals surface area (Å²) < 4.78 is 5.24. The summed E-state index contributed by atoms with van der Waals surface area (Å²) in [6, 6.07) is 8.94. The van der Waals surface area contributed by atoms with Crippen LogP contribution >= 0.6 is 0 Å². The van der Waals surface area contributed by atoms with Crippen molar-refractivity contribution in [3.05, 3.63) is 41.6 Å². The van der Waals surface area contributed by atoms with Crippen LogP contribution in [0.1, 0.15) is 56.3 Å². The minimum absolute atomic E-state index is 0.0258. The van der Waals surface area contributed by atoms with E-state index in [4.69, 9.17) is 4.74 Å². The molecule has 1 heterocycles. The third kappa shape index (κ3) is 5.85. The molecule has 1 aliphatic rings. The Morgan fingerprint density at radius 1 is 1.37 bits per heavy atom. The smallest absolute Gasteiger partial charge is 0.340 e. The van der Waals surface area contributed by atoms with Crippen molar-refractivity contribution in [2.24, 2.45) is 0 Å². The molecule has 1 saturated heterocycles. The lowest BCUT2D eigenvalue weighted by molar-refractivity contribution is -0.112. The predicted molar refractivity (Wildman–Crippen MR) is 104 cm³/mol. The summed E-state index contributed by atoms with van der Waals surface area (Å²) in [5.41, 5.74) is 0.653. The lowest BCUT2D eigenvalue weighted by Gasteiger charge is -2.32. The summed E-state index contributed by atoms with van der Waals surface area (Å²) in [6.45, 7) is 5.28. The number of nitriles is 1. The number of carbonyl (C=O) groups is 2. The van der Waals surface area contributed by atoms with Crippen LogP contribution in [0.2, 0.25) is 0 Å². The highest BCUT2D eigenvalue weighted by atomic mass is 16.5. The summed E-state index contributed by atoms with van der Waals surface area (Å²) in [6.07, 6.45) is 6.60. The minimum atomic E-state index is -0.524. The molecule has 0 aromatic heterocycles. The molecule has 6 nitrogen and oxygen atoms in total. The highest BCUT2D eigenvalue weighted by Gasteiger charge is 2.20. The standard InChI is InChI=1S/C21H27N3O3/c1-3-4-13-27-21(26)18-10-5-6-11-19(18)23-20(25)17(14-22)15-24-12-8-7-9-16(24)2/h5-6,10-11,15-16H,3-4,7-9,12-13H2,1-2H3,(H,23,25)/b17-15-. The van der Waals surface area contributed by atoms with Crippen LogP contribution in [-0.4, -0.2) is 36.0 Å². The van der Waals surface area contributed by atoms with Crippen molar-refractivity contribution in [1.82, 2.24) is 4.90 Å². The third-order valence-corrected chi connectivity index (χ3v) is 4.64. The van der Waals surface area contributed by atoms with Crippen LogP contribution in [0, 0.1) is 11.3 Å². The number of carbonyl (C=O) groups excluding carboxylic acids is 2. The van der Waals surface area contributed by atoms with E-state index in [1.54, 1.807) is 30.5 Å². The van der Waals surface area contributed by atoms with E-state index < -0.39 is 11.9 Å². The monoisotopic (exact) mass is 369 g/mol. The molecular weight excluding hydrogens is 342 g/mol. The summed E-state index contributed by atoms with van der Waals surface area (Å²) in [5.74, 6) is -1.00. The second-order valence-corrected chi connectivity index (χ2v) is 6.73. The Bertz CT molecular complexity index is 736. The normalized spacial score (nSPS) is 17.1. The van der Waals surface area contributed by atoms with E-state index in [1.165, 1.54) is 0 Å². The van der Waals surface area contributed by atoms with Crippen molar-refractivity contribution in [2.75, 3.05) is 18.5 Å². The highest BCUT2D eigenvalue weighted by molar-refractivity contribution is 6.09. The molecule has 1 amide bonds. The molecule has 2 rings (SSSR count). The highest BCUT2D eigenvalue weighted by Crippen LogP contribution is 2.20. The molecule has 27 heavy (non-hydrogen) atoms. The molecule has 0 spiro atoms. The summed E-state index contributed by atoms with van der Waals surface area (Å²) in [7, 11) is 0. The quantitative estimate of drug-likeness (QED) is 0.341. The number of anilines is 1. The zero-order valence-electron chi connectivity index (χ0n) is 16.0. The largest absolute Gasteiger partial charge is 0.462 e. The van der Waals surface area contributed by atoms with Gasteiger partial charge in [-0.2, -0.15) is 5.26 Å². The number of esters is 1. The fraction of sp³-hybridized carbons (Fsp3) is 0.476. The molecule has 0 aliphatic carbocycles. The lowest BCUT2D eigenvalue weighted by Crippen LogP contribution is -2.34. The first kappa shape index (κ1) is 20.5. The van der Waals surface area contributed by atoms with E-state index in [-0.39, 0.29) is 11.1 Å². The van der Waals surface area contributed by atoms with Crippen LogP contribution in [0.25, 0.3) is 0 Å². The summed E-state index contributed by atoms with van der Waals surface area (Å²) in [4.78, 5) is 26.9. The number of nitrogens with zero attached hydrogens (tertiary/aromatic N) is 2. The van der Waals surface area contributed by atoms with E-state index in [1.807, 2.05) is 17.9 Å². The van der Waals surface area contributed by atoms with Crippen LogP contribution in [-0.2, 0) is 9.53 Å². The number of ether oxygens (including phenoxy) is 1. The van der Waals surface area contributed by atoms with Gasteiger partial charge in [0.2, 0.25) is 0 Å². The zero-order valence-corrected chi connectivity index (χ0v) is 16.0. The molecule has 1 atom stereocenters. The van der Waals surface area contributed by atoms with E-state index in [0.29, 0.717) is 18.3 Å². The fourth-order valence-corrected chi connectivity index (χ4v) is 2.96. The Labute approximate surface area is 160 Å². The molecule has 0 bridgehead atoms. The molecule has 1 aliphatic heterocycles. The van der Waals surface area contributed by atoms with E-state index in [2.05, 4.69) is 12.2 Å². The van der Waals surface area contributed by atoms with Gasteiger partial charge in [0.15, 0.2) is 0 Å². The van der Waals surface area contributed by atoms with Crippen LogP contribution in [0.5, 0.6) is 0 Å². The molecule has 1 fully saturated rings. The number of likely N-dealkylation sites (tertiary alicyclic amines) is 1. The van der Waals surface area contributed by atoms with Crippen molar-refractivity contribution < 1.29 is 14.3 Å². The third-order valence-electron chi connectivity index (χ3n) is 4.64. The predicted octanol–water partition coefficient (Wildman–Crippen LogP) is 3.86. The van der Waals surface area contributed by atoms with Crippen molar-refractivity contribution in [3.63, 3.8) is 0 Å². The lowest BCUT2D eigenvalue weighted by atomic mass is 10.0. The van der Waals surface area contributed by atoms with E-state index in [9.17, 15) is 14.9 Å². The van der Waals surface area contributed by atoms with Gasteiger partial charge in [0.25, 0.3) is 5.91 Å². The number of nitrogens with one attached hydrogen (secondary N) is 1. The van der Waals surface area contributed by atoms with Gasteiger partial charge in [-0.1, -0.05) is 25.5 Å². The molecule has 0 radical (unpaired) electrons. The van der Waals surface area contributed by atoms with Gasteiger partial charge >= 0.3 is 5.97 Å². The van der Waals surface area contributed by atoms with Crippen LogP contribution in [0.15, 0.2) is 36.0 Å². The van der Waals surface area contributed by atoms with Crippen LogP contribution in [0.3, 0.4) is 0 Å². The molecule has 1 aromatic rings. The number of hydrogen-bond acceptors (Lipinski definition) is 5. The topological polar surface area (TPSA) is 82.4 Å². The molecular formula is C21H27N3O3. The van der Waals surface area contributed by atoms with Gasteiger partial charge in [0.1, 0.15) is 11.6 Å². The van der Waals surface area contributed by atoms with Gasteiger partial charge in [-0.25, -0.2) is 4.79 Å². The fourth-order valence-electron chi connectivity index (χ4n) is 2.96. The van der Waals surface area contributed by atoms with Gasteiger partial charge in [0.05, 0.1) is 17.9 Å². The Morgan fingerprint density at radius 3 is 2.85 bits per heavy atom. The maximum Gasteiger partial charge on any atom is 0.340 e. The van der Waals surface area contributed by atoms with Gasteiger partial charge < -0.3 is 15.0 Å². The first-order valence-electron chi connectivity index (χ1n) is 9.52. The first-order valence-corrected chi connectivity index (χ1v) is 9.52. The van der Waals surface area contributed by atoms with Crippen molar-refractivity contribution in [3.8, 4) is 6.07 Å². The second-order valence-electron chi connectivity index (χ2n) is 6.73. The number of para-hydroxylation sites is 1. The van der Waals surface area contributed by atoms with Gasteiger partial charge in [-0.05, 0) is 44.7 Å². The van der Waals surface area contributed by atoms with E-state index >= 15 is 0 Å². The Balaban J connectivity index is 2.12. The maximum atomic E-state index is 12.6. The van der Waals surface area contributed by atoms with Crippen LogP contribution in [0.4, 0.5) is 5.69 Å². The Kier molecular flexibility index (Phi) is 7.87. The minimum Gasteiger partial charge on any atom is -0.462 e. The number of rotatable bonds is 7. The molecule has 1 N–H and O–H groups in total. The van der Waals surface area contributed by atoms with Gasteiger partial charge in [0, 0.05) is 18.8 Å². The van der Waals surface area contributed by atoms with Crippen molar-refractivity contribution in [1.29, 1.82) is 5.26 Å². The average molecular weight is 369 g/mol. The first-order chi connectivity index (χ1) is 13.1. The van der Waals surface area contributed by atoms with Crippen molar-refractivity contribution in [2.45, 2.75) is 52.0 Å². The van der Waals surface area contributed by atoms with Gasteiger partial charge in [-0.15, -0.1) is 0 Å². The van der Waals surface area contributed by atoms with Gasteiger partial charge in [-0.3, -0.25) is 4.79 Å². The van der Waals surface area contributed by atoms with Crippen LogP contribution < -0.4 is 5.32 Å². The second kappa shape index (κ2) is 10.4. The number of hydrogen-bond donors (Lipinski definition) is 1. The summed E-state index contributed by atoms with van der Waals surface area (Å²) in [5, 5.41) is 12.1. The Morgan fingerprint density at radius 2 is 2.15 bits per heavy atom. The number of piperidine rings is 1. The summed E-state index contributed by atoms with van der Waals surface area (Å²) >= 11 is 0. The van der Waals surface area contributed by atoms with E-state index in [0.717, 1.165) is 38.6 Å². The SMILES string of the molecule is CCCCOC(=O)c1ccccc1NC(=O)/C(C#N)=C\N1CCCCC1C. The molecule has 6 heteroatoms. The molecule has 1 aromatic carbocycles.